The second-order valence-corrected chi connectivity index (χ2v) is 8.61. The van der Waals surface area contributed by atoms with E-state index in [2.05, 4.69) is 98.8 Å². The first-order valence-corrected chi connectivity index (χ1v) is 10.6. The number of benzene rings is 4. The Labute approximate surface area is 184 Å². The highest BCUT2D eigenvalue weighted by molar-refractivity contribution is 6.17. The Hall–Kier alpha value is -3.30. The summed E-state index contributed by atoms with van der Waals surface area (Å²) in [5.74, 6) is 0.724. The molecule has 151 valence electrons. The molecule has 31 heavy (non-hydrogen) atoms. The summed E-state index contributed by atoms with van der Waals surface area (Å²) in [6.07, 6.45) is 0. The van der Waals surface area contributed by atoms with Crippen LogP contribution in [0.2, 0.25) is 0 Å². The van der Waals surface area contributed by atoms with Crippen molar-refractivity contribution in [1.82, 2.24) is 0 Å². The van der Waals surface area contributed by atoms with Crippen molar-refractivity contribution in [3.05, 3.63) is 125 Å². The summed E-state index contributed by atoms with van der Waals surface area (Å²) in [7, 11) is 0.712. The van der Waals surface area contributed by atoms with E-state index in [0.29, 0.717) is 13.4 Å². The predicted octanol–water partition coefficient (Wildman–Crippen LogP) is 6.08. The first-order chi connectivity index (χ1) is 15.1. The average molecular weight is 403 g/mol. The van der Waals surface area contributed by atoms with E-state index in [1.165, 1.54) is 38.9 Å². The Bertz CT molecular complexity index is 1210. The topological polar surface area (TPSA) is 29.5 Å². The van der Waals surface area contributed by atoms with Gasteiger partial charge in [0, 0.05) is 11.3 Å². The van der Waals surface area contributed by atoms with Crippen LogP contribution in [0.4, 0.5) is 0 Å². The lowest BCUT2D eigenvalue weighted by Gasteiger charge is -2.24. The molecule has 4 aromatic carbocycles. The Morgan fingerprint density at radius 1 is 0.677 bits per heavy atom. The molecular weight excluding hydrogens is 379 g/mol. The van der Waals surface area contributed by atoms with Gasteiger partial charge in [0.2, 0.25) is 0 Å². The second kappa shape index (κ2) is 7.75. The zero-order valence-electron chi connectivity index (χ0n) is 17.7. The van der Waals surface area contributed by atoms with Gasteiger partial charge in [0.05, 0.1) is 5.75 Å². The monoisotopic (exact) mass is 403 g/mol. The van der Waals surface area contributed by atoms with Gasteiger partial charge in [0.25, 0.3) is 0 Å². The zero-order valence-corrected chi connectivity index (χ0v) is 17.7. The van der Waals surface area contributed by atoms with Gasteiger partial charge >= 0.3 is 7.69 Å². The zero-order chi connectivity index (χ0) is 21.4. The molecule has 0 aliphatic heterocycles. The predicted molar refractivity (Wildman–Crippen MR) is 126 cm³/mol. The standard InChI is InChI=1S/C28H24BO2/c1-28(2)25-11-7-6-10-23(25)24-17-14-21(18-26(24)28)27(19-8-4-3-5-9-19)20-12-15-22(16-13-20)31-29-30/h3-18,27,30H,1-2H3. The molecule has 1 radical (unpaired) electrons. The maximum absolute atomic E-state index is 8.92. The molecule has 0 spiro atoms. The third kappa shape index (κ3) is 3.35. The van der Waals surface area contributed by atoms with Crippen LogP contribution in [0, 0.1) is 0 Å². The summed E-state index contributed by atoms with van der Waals surface area (Å²) >= 11 is 0. The summed E-state index contributed by atoms with van der Waals surface area (Å²) in [6.45, 7) is 4.63. The summed E-state index contributed by atoms with van der Waals surface area (Å²) in [5, 5.41) is 8.92. The third-order valence-corrected chi connectivity index (χ3v) is 6.48. The Kier molecular flexibility index (Phi) is 4.92. The van der Waals surface area contributed by atoms with Gasteiger partial charge in [0.15, 0.2) is 0 Å². The lowest BCUT2D eigenvalue weighted by molar-refractivity contribution is 0.453. The Morgan fingerprint density at radius 3 is 2.03 bits per heavy atom. The van der Waals surface area contributed by atoms with E-state index >= 15 is 0 Å². The molecule has 1 unspecified atom stereocenters. The SMILES string of the molecule is CC1(C)c2ccccc2-c2ccc(C(c3ccccc3)c3ccc(O[B]O)cc3)cc21. The van der Waals surface area contributed by atoms with Gasteiger partial charge in [0.1, 0.15) is 0 Å². The molecule has 0 saturated carbocycles. The van der Waals surface area contributed by atoms with Crippen LogP contribution in [-0.4, -0.2) is 12.7 Å². The van der Waals surface area contributed by atoms with Crippen LogP contribution >= 0.6 is 0 Å². The maximum Gasteiger partial charge on any atom is 0.569 e. The van der Waals surface area contributed by atoms with Crippen LogP contribution in [0.1, 0.15) is 47.6 Å². The molecule has 0 fully saturated rings. The van der Waals surface area contributed by atoms with E-state index < -0.39 is 0 Å². The van der Waals surface area contributed by atoms with Crippen LogP contribution in [-0.2, 0) is 5.41 Å². The molecule has 0 aromatic heterocycles. The van der Waals surface area contributed by atoms with Gasteiger partial charge in [-0.3, -0.25) is 0 Å². The number of rotatable bonds is 5. The van der Waals surface area contributed by atoms with Crippen molar-refractivity contribution in [2.45, 2.75) is 25.2 Å². The largest absolute Gasteiger partial charge is 0.569 e. The van der Waals surface area contributed by atoms with Gasteiger partial charge in [-0.1, -0.05) is 98.8 Å². The normalized spacial score (nSPS) is 14.4. The summed E-state index contributed by atoms with van der Waals surface area (Å²) in [6, 6.07) is 34.2. The lowest BCUT2D eigenvalue weighted by Crippen LogP contribution is -2.15. The van der Waals surface area contributed by atoms with Crippen LogP contribution in [0.25, 0.3) is 11.1 Å². The summed E-state index contributed by atoms with van der Waals surface area (Å²) in [4.78, 5) is 0. The molecular formula is C28H24BO2. The molecule has 0 saturated heterocycles. The highest BCUT2D eigenvalue weighted by atomic mass is 16.5. The molecule has 0 bridgehead atoms. The fourth-order valence-electron chi connectivity index (χ4n) is 4.92. The molecule has 1 atom stereocenters. The van der Waals surface area contributed by atoms with Gasteiger partial charge in [-0.25, -0.2) is 0 Å². The highest BCUT2D eigenvalue weighted by Crippen LogP contribution is 2.49. The average Bonchev–Trinajstić information content (AvgIpc) is 3.03. The van der Waals surface area contributed by atoms with Crippen molar-refractivity contribution in [2.24, 2.45) is 0 Å². The van der Waals surface area contributed by atoms with Crippen molar-refractivity contribution < 1.29 is 9.68 Å². The fraction of sp³-hybridized carbons (Fsp3) is 0.143. The van der Waals surface area contributed by atoms with Gasteiger partial charge in [-0.2, -0.15) is 0 Å². The molecule has 4 aromatic rings. The van der Waals surface area contributed by atoms with E-state index in [1.54, 1.807) is 0 Å². The van der Waals surface area contributed by atoms with Crippen LogP contribution in [0.3, 0.4) is 0 Å². The van der Waals surface area contributed by atoms with Crippen LogP contribution in [0.5, 0.6) is 5.75 Å². The van der Waals surface area contributed by atoms with Crippen molar-refractivity contribution in [2.75, 3.05) is 0 Å². The molecule has 1 aliphatic rings. The second-order valence-electron chi connectivity index (χ2n) is 8.61. The minimum absolute atomic E-state index is 0.0299. The Balaban J connectivity index is 1.64. The Morgan fingerprint density at radius 2 is 1.29 bits per heavy atom. The lowest BCUT2D eigenvalue weighted by atomic mass is 9.79. The maximum atomic E-state index is 8.92. The van der Waals surface area contributed by atoms with Gasteiger partial charge in [-0.05, 0) is 51.1 Å². The number of fused-ring (bicyclic) bond motifs is 3. The molecule has 0 heterocycles. The quantitative estimate of drug-likeness (QED) is 0.323. The van der Waals surface area contributed by atoms with Crippen molar-refractivity contribution in [3.8, 4) is 16.9 Å². The molecule has 0 amide bonds. The van der Waals surface area contributed by atoms with Crippen LogP contribution in [0.15, 0.2) is 97.1 Å². The molecule has 2 nitrogen and oxygen atoms in total. The van der Waals surface area contributed by atoms with Gasteiger partial charge < -0.3 is 9.68 Å². The van der Waals surface area contributed by atoms with Crippen molar-refractivity contribution >= 4 is 7.69 Å². The molecule has 1 aliphatic carbocycles. The van der Waals surface area contributed by atoms with Gasteiger partial charge in [-0.15, -0.1) is 0 Å². The highest BCUT2D eigenvalue weighted by Gasteiger charge is 2.35. The van der Waals surface area contributed by atoms with Crippen LogP contribution < -0.4 is 4.65 Å². The van der Waals surface area contributed by atoms with E-state index in [1.807, 2.05) is 12.1 Å². The molecule has 3 heteroatoms. The minimum atomic E-state index is -0.0299. The van der Waals surface area contributed by atoms with E-state index in [4.69, 9.17) is 9.68 Å². The first-order valence-electron chi connectivity index (χ1n) is 10.6. The smallest absolute Gasteiger partial charge is 0.537 e. The third-order valence-electron chi connectivity index (χ3n) is 6.48. The van der Waals surface area contributed by atoms with E-state index in [0.717, 1.165) is 0 Å². The van der Waals surface area contributed by atoms with Crippen molar-refractivity contribution in [3.63, 3.8) is 0 Å². The van der Waals surface area contributed by atoms with E-state index in [-0.39, 0.29) is 11.3 Å². The number of hydrogen-bond donors (Lipinski definition) is 1. The molecule has 5 rings (SSSR count). The fourth-order valence-corrected chi connectivity index (χ4v) is 4.92. The minimum Gasteiger partial charge on any atom is -0.537 e. The van der Waals surface area contributed by atoms with E-state index in [9.17, 15) is 0 Å². The summed E-state index contributed by atoms with van der Waals surface area (Å²) in [5.41, 5.74) is 9.11. The van der Waals surface area contributed by atoms with Crippen molar-refractivity contribution in [1.29, 1.82) is 0 Å². The molecule has 1 N–H and O–H groups in total. The first kappa shape index (κ1) is 19.7. The number of hydrogen-bond acceptors (Lipinski definition) is 2. The summed E-state index contributed by atoms with van der Waals surface area (Å²) < 4.78 is 5.11.